The molecule has 1 aromatic heterocycles. The van der Waals surface area contributed by atoms with Gasteiger partial charge >= 0.3 is 6.09 Å². The van der Waals surface area contributed by atoms with E-state index < -0.39 is 12.2 Å². The molecule has 2 saturated carbocycles. The molecule has 8 N–H and O–H groups in total. The van der Waals surface area contributed by atoms with Crippen LogP contribution in [0, 0.1) is 5.92 Å². The third-order valence-electron chi connectivity index (χ3n) is 10.2. The van der Waals surface area contributed by atoms with E-state index >= 15 is 0 Å². The molecule has 6 rings (SSSR count). The Morgan fingerprint density at radius 2 is 1.74 bits per heavy atom. The lowest BCUT2D eigenvalue weighted by atomic mass is 9.80. The maximum Gasteiger partial charge on any atom is 0.412 e. The van der Waals surface area contributed by atoms with Crippen molar-refractivity contribution >= 4 is 28.6 Å². The lowest BCUT2D eigenvalue weighted by Crippen LogP contribution is -2.47. The normalized spacial score (nSPS) is 20.9. The van der Waals surface area contributed by atoms with Crippen molar-refractivity contribution in [3.05, 3.63) is 94.3 Å². The number of hydrogen-bond acceptors (Lipinski definition) is 7. The van der Waals surface area contributed by atoms with Crippen LogP contribution in [0.25, 0.3) is 22.0 Å². The maximum absolute atomic E-state index is 12.8. The molecular weight excluding hydrogens is 634 g/mol. The van der Waals surface area contributed by atoms with Crippen molar-refractivity contribution in [2.45, 2.75) is 82.0 Å². The first kappa shape index (κ1) is 35.1. The molecule has 11 nitrogen and oxygen atoms in total. The number of amides is 2. The van der Waals surface area contributed by atoms with Gasteiger partial charge in [-0.3, -0.25) is 14.5 Å². The highest BCUT2D eigenvalue weighted by Gasteiger charge is 2.32. The number of nitrogens with zero attached hydrogens (tertiary/aromatic N) is 1. The number of carboxylic acid groups (broad SMARTS) is 1. The van der Waals surface area contributed by atoms with Gasteiger partial charge in [0.2, 0.25) is 11.5 Å². The molecule has 2 amide bonds. The van der Waals surface area contributed by atoms with Crippen LogP contribution in [0.4, 0.5) is 10.5 Å². The van der Waals surface area contributed by atoms with E-state index in [1.807, 2.05) is 48.5 Å². The number of fused-ring (bicyclic) bond motifs is 1. The lowest BCUT2D eigenvalue weighted by Gasteiger charge is -2.36. The van der Waals surface area contributed by atoms with Crippen molar-refractivity contribution in [2.75, 3.05) is 18.0 Å². The molecule has 1 unspecified atom stereocenters. The second-order valence-electron chi connectivity index (χ2n) is 13.9. The second kappa shape index (κ2) is 15.9. The summed E-state index contributed by atoms with van der Waals surface area (Å²) in [6, 6.07) is 22.1. The third kappa shape index (κ3) is 8.35. The number of aryl methyl sites for hydroxylation is 1. The van der Waals surface area contributed by atoms with Crippen molar-refractivity contribution in [2.24, 2.45) is 11.7 Å². The minimum absolute atomic E-state index is 0.0147. The highest BCUT2D eigenvalue weighted by Crippen LogP contribution is 2.37. The fourth-order valence-electron chi connectivity index (χ4n) is 7.47. The van der Waals surface area contributed by atoms with E-state index in [2.05, 4.69) is 15.6 Å². The van der Waals surface area contributed by atoms with E-state index in [-0.39, 0.29) is 35.3 Å². The van der Waals surface area contributed by atoms with E-state index in [0.717, 1.165) is 55.2 Å². The molecule has 11 heteroatoms. The quantitative estimate of drug-likeness (QED) is 0.101. The van der Waals surface area contributed by atoms with Gasteiger partial charge in [-0.25, -0.2) is 4.79 Å². The van der Waals surface area contributed by atoms with Crippen LogP contribution in [0.15, 0.2) is 77.6 Å². The van der Waals surface area contributed by atoms with Gasteiger partial charge in [-0.1, -0.05) is 48.5 Å². The van der Waals surface area contributed by atoms with Gasteiger partial charge in [-0.15, -0.1) is 0 Å². The highest BCUT2D eigenvalue weighted by molar-refractivity contribution is 5.94. The Bertz CT molecular complexity index is 1850. The fourth-order valence-corrected chi connectivity index (χ4v) is 7.47. The van der Waals surface area contributed by atoms with Crippen molar-refractivity contribution in [1.82, 2.24) is 15.6 Å². The average molecular weight is 682 g/mol. The standard InChI is InChI=1S/C39H47N5O6/c40-27-10-12-29(13-11-27)44(39(49)50)33-21-24(9-14-30(33)26-6-2-1-3-7-26)5-4-8-36(47)42-28-19-25(20-28)22-41-23-35(46)31-15-17-34(45)38-32(31)16-18-37(48)43-38/h1-3,6-7,9,14-18,21,25,27-29,35,41,45-46H,4-5,8,10-13,19-20,22-23,40H2,(H,42,47)(H,43,48)(H,49,50). The summed E-state index contributed by atoms with van der Waals surface area (Å²) in [6.45, 7) is 1.03. The number of carbonyl (C=O) groups is 2. The minimum atomic E-state index is -0.964. The van der Waals surface area contributed by atoms with Gasteiger partial charge in [0.25, 0.3) is 0 Å². The van der Waals surface area contributed by atoms with E-state index in [9.17, 15) is 29.7 Å². The molecule has 0 radical (unpaired) electrons. The molecule has 264 valence electrons. The Morgan fingerprint density at radius 1 is 0.980 bits per heavy atom. The Balaban J connectivity index is 0.971. The average Bonchev–Trinajstić information content (AvgIpc) is 3.08. The van der Waals surface area contributed by atoms with Gasteiger partial charge < -0.3 is 36.7 Å². The molecular formula is C39H47N5O6. The number of carbonyl (C=O) groups excluding carboxylic acids is 1. The molecule has 3 aromatic carbocycles. The van der Waals surface area contributed by atoms with Gasteiger partial charge in [0, 0.05) is 48.1 Å². The van der Waals surface area contributed by atoms with Crippen molar-refractivity contribution in [3.8, 4) is 16.9 Å². The summed E-state index contributed by atoms with van der Waals surface area (Å²) in [7, 11) is 0. The summed E-state index contributed by atoms with van der Waals surface area (Å²) in [5, 5.41) is 38.3. The number of anilines is 1. The number of aromatic amines is 1. The molecule has 50 heavy (non-hydrogen) atoms. The molecule has 0 spiro atoms. The van der Waals surface area contributed by atoms with Crippen LogP contribution in [0.5, 0.6) is 5.75 Å². The third-order valence-corrected chi connectivity index (χ3v) is 10.2. The molecule has 1 atom stereocenters. The van der Waals surface area contributed by atoms with Crippen molar-refractivity contribution in [1.29, 1.82) is 0 Å². The smallest absolute Gasteiger partial charge is 0.412 e. The van der Waals surface area contributed by atoms with Crippen LogP contribution in [0.1, 0.15) is 68.6 Å². The van der Waals surface area contributed by atoms with E-state index in [1.165, 1.54) is 17.0 Å². The Hall–Kier alpha value is -4.71. The molecule has 2 aliphatic rings. The largest absolute Gasteiger partial charge is 0.506 e. The molecule has 4 aromatic rings. The van der Waals surface area contributed by atoms with Gasteiger partial charge in [0.1, 0.15) is 5.75 Å². The number of pyridine rings is 1. The SMILES string of the molecule is NC1CCC(N(C(=O)O)c2cc(CCCC(=O)NC3CC(CNCC(O)c4ccc(O)c5[nH]c(=O)ccc45)C3)ccc2-c2ccccc2)CC1. The number of H-pyrrole nitrogens is 1. The van der Waals surface area contributed by atoms with Gasteiger partial charge in [-0.2, -0.15) is 0 Å². The summed E-state index contributed by atoms with van der Waals surface area (Å²) in [4.78, 5) is 41.3. The van der Waals surface area contributed by atoms with Gasteiger partial charge in [-0.05, 0) is 98.7 Å². The number of aliphatic hydroxyl groups excluding tert-OH is 1. The number of phenols is 1. The second-order valence-corrected chi connectivity index (χ2v) is 13.9. The van der Waals surface area contributed by atoms with Crippen LogP contribution in [0.3, 0.4) is 0 Å². The van der Waals surface area contributed by atoms with Gasteiger partial charge in [0.15, 0.2) is 0 Å². The summed E-state index contributed by atoms with van der Waals surface area (Å²) in [6.07, 6.45) is 4.69. The van der Waals surface area contributed by atoms with Crippen LogP contribution < -0.4 is 26.8 Å². The maximum atomic E-state index is 12.8. The molecule has 0 aliphatic heterocycles. The number of nitrogens with two attached hydrogens (primary N) is 1. The lowest BCUT2D eigenvalue weighted by molar-refractivity contribution is -0.122. The van der Waals surface area contributed by atoms with Crippen molar-refractivity contribution < 1.29 is 24.9 Å². The number of aromatic hydroxyl groups is 1. The van der Waals surface area contributed by atoms with E-state index in [0.29, 0.717) is 60.4 Å². The fraction of sp³-hybridized carbons (Fsp3) is 0.410. The van der Waals surface area contributed by atoms with E-state index in [4.69, 9.17) is 5.73 Å². The number of aromatic nitrogens is 1. The monoisotopic (exact) mass is 681 g/mol. The first-order valence-electron chi connectivity index (χ1n) is 17.7. The van der Waals surface area contributed by atoms with Crippen LogP contribution in [-0.2, 0) is 11.2 Å². The molecule has 0 saturated heterocycles. The minimum Gasteiger partial charge on any atom is -0.506 e. The van der Waals surface area contributed by atoms with E-state index in [1.54, 1.807) is 12.1 Å². The predicted octanol–water partition coefficient (Wildman–Crippen LogP) is 5.20. The number of phenolic OH excluding ortho intramolecular Hbond substituents is 1. The molecule has 2 aliphatic carbocycles. The number of benzene rings is 3. The predicted molar refractivity (Wildman–Crippen MR) is 194 cm³/mol. The Kier molecular flexibility index (Phi) is 11.2. The molecule has 1 heterocycles. The van der Waals surface area contributed by atoms with Crippen LogP contribution in [0.2, 0.25) is 0 Å². The summed E-state index contributed by atoms with van der Waals surface area (Å²) >= 11 is 0. The molecule has 0 bridgehead atoms. The first-order valence-corrected chi connectivity index (χ1v) is 17.7. The van der Waals surface area contributed by atoms with Crippen LogP contribution >= 0.6 is 0 Å². The number of nitrogens with one attached hydrogen (secondary N) is 3. The number of hydrogen-bond donors (Lipinski definition) is 7. The number of aliphatic hydroxyl groups is 1. The summed E-state index contributed by atoms with van der Waals surface area (Å²) < 4.78 is 0. The Morgan fingerprint density at radius 3 is 2.48 bits per heavy atom. The van der Waals surface area contributed by atoms with Gasteiger partial charge in [0.05, 0.1) is 17.3 Å². The molecule has 2 fully saturated rings. The zero-order valence-electron chi connectivity index (χ0n) is 28.2. The topological polar surface area (TPSA) is 181 Å². The summed E-state index contributed by atoms with van der Waals surface area (Å²) in [5.41, 5.74) is 10.3. The number of rotatable bonds is 13. The van der Waals surface area contributed by atoms with Crippen molar-refractivity contribution in [3.63, 3.8) is 0 Å². The van der Waals surface area contributed by atoms with Crippen LogP contribution in [-0.4, -0.2) is 63.5 Å². The zero-order chi connectivity index (χ0) is 35.2. The Labute approximate surface area is 291 Å². The first-order chi connectivity index (χ1) is 24.2. The highest BCUT2D eigenvalue weighted by atomic mass is 16.4. The summed E-state index contributed by atoms with van der Waals surface area (Å²) in [5.74, 6) is 0.360. The zero-order valence-corrected chi connectivity index (χ0v) is 28.2.